The van der Waals surface area contributed by atoms with Gasteiger partial charge >= 0.3 is 0 Å². The minimum absolute atomic E-state index is 0.129. The minimum atomic E-state index is -0.129. The van der Waals surface area contributed by atoms with E-state index in [1.807, 2.05) is 51.4 Å². The molecule has 1 aromatic heterocycles. The third-order valence-corrected chi connectivity index (χ3v) is 5.45. The molecule has 0 fully saturated rings. The van der Waals surface area contributed by atoms with Gasteiger partial charge in [-0.3, -0.25) is 4.79 Å². The Balaban J connectivity index is 1.98. The van der Waals surface area contributed by atoms with Crippen molar-refractivity contribution in [3.05, 3.63) is 48.2 Å². The average Bonchev–Trinajstić information content (AvgIpc) is 3.23. The molecule has 0 bridgehead atoms. The first kappa shape index (κ1) is 24.2. The molecule has 3 rings (SSSR count). The molecule has 0 atom stereocenters. The number of benzene rings is 2. The van der Waals surface area contributed by atoms with Gasteiger partial charge in [0.15, 0.2) is 0 Å². The van der Waals surface area contributed by atoms with E-state index < -0.39 is 0 Å². The zero-order chi connectivity index (χ0) is 24.0. The van der Waals surface area contributed by atoms with Crippen LogP contribution in [0.2, 0.25) is 0 Å². The molecule has 0 aliphatic heterocycles. The lowest BCUT2D eigenvalue weighted by atomic mass is 9.98. The second-order valence-corrected chi connectivity index (χ2v) is 8.04. The summed E-state index contributed by atoms with van der Waals surface area (Å²) in [6.07, 6.45) is 4.19. The van der Waals surface area contributed by atoms with E-state index in [1.165, 1.54) is 0 Å². The highest BCUT2D eigenvalue weighted by Crippen LogP contribution is 2.41. The number of nitrogens with one attached hydrogen (secondary N) is 1. The summed E-state index contributed by atoms with van der Waals surface area (Å²) < 4.78 is 22.4. The second kappa shape index (κ2) is 10.9. The van der Waals surface area contributed by atoms with E-state index in [1.54, 1.807) is 33.7 Å². The molecule has 2 aromatic carbocycles. The summed E-state index contributed by atoms with van der Waals surface area (Å²) in [5.41, 5.74) is 4.01. The van der Waals surface area contributed by atoms with Crippen molar-refractivity contribution in [2.75, 3.05) is 48.5 Å². The largest absolute Gasteiger partial charge is 0.497 e. The highest BCUT2D eigenvalue weighted by atomic mass is 16.5. The first-order valence-corrected chi connectivity index (χ1v) is 10.8. The van der Waals surface area contributed by atoms with Crippen LogP contribution >= 0.6 is 0 Å². The van der Waals surface area contributed by atoms with Crippen molar-refractivity contribution in [2.45, 2.75) is 13.3 Å². The Morgan fingerprint density at radius 1 is 1.03 bits per heavy atom. The molecule has 1 heterocycles. The maximum Gasteiger partial charge on any atom is 0.244 e. The van der Waals surface area contributed by atoms with Gasteiger partial charge in [0, 0.05) is 40.8 Å². The molecule has 0 saturated carbocycles. The lowest BCUT2D eigenvalue weighted by Gasteiger charge is -2.12. The Kier molecular flexibility index (Phi) is 8.01. The average molecular weight is 453 g/mol. The van der Waals surface area contributed by atoms with E-state index in [0.717, 1.165) is 46.4 Å². The fraction of sp³-hybridized carbons (Fsp3) is 0.346. The van der Waals surface area contributed by atoms with Gasteiger partial charge < -0.3 is 28.8 Å². The predicted octanol–water partition coefficient (Wildman–Crippen LogP) is 4.60. The number of nitrogens with zero attached hydrogens (tertiary/aromatic N) is 1. The normalized spacial score (nSPS) is 11.7. The SMILES string of the molecule is COc1ccc(OC)c(-c2coc3cc(OC)c(/C(C)=C/C(=O)NCCCN(C)C)cc23)c1. The molecule has 7 nitrogen and oxygen atoms in total. The van der Waals surface area contributed by atoms with Crippen molar-refractivity contribution in [2.24, 2.45) is 0 Å². The Morgan fingerprint density at radius 3 is 2.45 bits per heavy atom. The third kappa shape index (κ3) is 5.68. The fourth-order valence-corrected chi connectivity index (χ4v) is 3.70. The molecule has 0 saturated heterocycles. The van der Waals surface area contributed by atoms with Gasteiger partial charge in [0.2, 0.25) is 5.91 Å². The number of carbonyl (C=O) groups is 1. The summed E-state index contributed by atoms with van der Waals surface area (Å²) in [5.74, 6) is 1.93. The van der Waals surface area contributed by atoms with Crippen LogP contribution in [0.4, 0.5) is 0 Å². The van der Waals surface area contributed by atoms with Crippen LogP contribution < -0.4 is 19.5 Å². The molecule has 0 aliphatic rings. The van der Waals surface area contributed by atoms with Crippen molar-refractivity contribution < 1.29 is 23.4 Å². The maximum atomic E-state index is 12.4. The molecule has 3 aromatic rings. The minimum Gasteiger partial charge on any atom is -0.497 e. The van der Waals surface area contributed by atoms with E-state index in [4.69, 9.17) is 18.6 Å². The summed E-state index contributed by atoms with van der Waals surface area (Å²) in [7, 11) is 8.89. The molecule has 1 amide bonds. The molecule has 0 spiro atoms. The molecule has 0 radical (unpaired) electrons. The number of hydrogen-bond donors (Lipinski definition) is 1. The zero-order valence-corrected chi connectivity index (χ0v) is 20.2. The molecular formula is C26H32N2O5. The van der Waals surface area contributed by atoms with Crippen LogP contribution in [0.5, 0.6) is 17.2 Å². The van der Waals surface area contributed by atoms with Crippen LogP contribution in [0.1, 0.15) is 18.9 Å². The lowest BCUT2D eigenvalue weighted by Crippen LogP contribution is -2.25. The molecule has 1 N–H and O–H groups in total. The van der Waals surface area contributed by atoms with Gasteiger partial charge in [-0.25, -0.2) is 0 Å². The summed E-state index contributed by atoms with van der Waals surface area (Å²) >= 11 is 0. The fourth-order valence-electron chi connectivity index (χ4n) is 3.70. The quantitative estimate of drug-likeness (QED) is 0.358. The summed E-state index contributed by atoms with van der Waals surface area (Å²) in [6, 6.07) is 9.45. The number of amides is 1. The van der Waals surface area contributed by atoms with Crippen molar-refractivity contribution in [3.63, 3.8) is 0 Å². The molecule has 7 heteroatoms. The van der Waals surface area contributed by atoms with Crippen molar-refractivity contribution in [1.29, 1.82) is 0 Å². The van der Waals surface area contributed by atoms with E-state index in [2.05, 4.69) is 10.2 Å². The molecule has 33 heavy (non-hydrogen) atoms. The molecular weight excluding hydrogens is 420 g/mol. The van der Waals surface area contributed by atoms with Crippen molar-refractivity contribution >= 4 is 22.4 Å². The van der Waals surface area contributed by atoms with Gasteiger partial charge in [-0.15, -0.1) is 0 Å². The van der Waals surface area contributed by atoms with Crippen LogP contribution in [0, 0.1) is 0 Å². The van der Waals surface area contributed by atoms with Gasteiger partial charge in [0.25, 0.3) is 0 Å². The van der Waals surface area contributed by atoms with Crippen molar-refractivity contribution in [1.82, 2.24) is 10.2 Å². The number of carbonyl (C=O) groups excluding carboxylic acids is 1. The van der Waals surface area contributed by atoms with Gasteiger partial charge in [0.1, 0.15) is 22.8 Å². The van der Waals surface area contributed by atoms with Gasteiger partial charge in [-0.05, 0) is 63.8 Å². The highest BCUT2D eigenvalue weighted by Gasteiger charge is 2.18. The highest BCUT2D eigenvalue weighted by molar-refractivity contribution is 6.01. The van der Waals surface area contributed by atoms with Crippen LogP contribution in [0.25, 0.3) is 27.7 Å². The number of methoxy groups -OCH3 is 3. The Morgan fingerprint density at radius 2 is 1.79 bits per heavy atom. The number of allylic oxidation sites excluding steroid dienone is 1. The van der Waals surface area contributed by atoms with Crippen LogP contribution in [-0.4, -0.2) is 59.3 Å². The van der Waals surface area contributed by atoms with Gasteiger partial charge in [0.05, 0.1) is 27.6 Å². The summed E-state index contributed by atoms with van der Waals surface area (Å²) in [4.78, 5) is 14.5. The molecule has 0 unspecified atom stereocenters. The lowest BCUT2D eigenvalue weighted by molar-refractivity contribution is -0.116. The van der Waals surface area contributed by atoms with E-state index in [0.29, 0.717) is 23.6 Å². The van der Waals surface area contributed by atoms with E-state index >= 15 is 0 Å². The summed E-state index contributed by atoms with van der Waals surface area (Å²) in [6.45, 7) is 3.44. The van der Waals surface area contributed by atoms with Crippen LogP contribution in [0.15, 0.2) is 47.1 Å². The van der Waals surface area contributed by atoms with E-state index in [9.17, 15) is 4.79 Å². The standard InChI is InChI=1S/C26H32N2O5/c1-17(12-26(29)27-10-7-11-28(2)3)19-14-21-22(16-33-25(21)15-24(19)32-6)20-13-18(30-4)8-9-23(20)31-5/h8-9,12-16H,7,10-11H2,1-6H3,(H,27,29)/b17-12+. The predicted molar refractivity (Wildman–Crippen MR) is 131 cm³/mol. The van der Waals surface area contributed by atoms with E-state index in [-0.39, 0.29) is 5.91 Å². The Hall–Kier alpha value is -3.45. The third-order valence-electron chi connectivity index (χ3n) is 5.45. The molecule has 0 aliphatic carbocycles. The first-order valence-electron chi connectivity index (χ1n) is 10.8. The summed E-state index contributed by atoms with van der Waals surface area (Å²) in [5, 5.41) is 3.83. The Bertz CT molecular complexity index is 1150. The second-order valence-electron chi connectivity index (χ2n) is 8.04. The maximum absolute atomic E-state index is 12.4. The number of rotatable bonds is 10. The number of fused-ring (bicyclic) bond motifs is 1. The zero-order valence-electron chi connectivity index (χ0n) is 20.2. The topological polar surface area (TPSA) is 73.2 Å². The number of furan rings is 1. The number of hydrogen-bond acceptors (Lipinski definition) is 6. The molecule has 176 valence electrons. The Labute approximate surface area is 194 Å². The monoisotopic (exact) mass is 452 g/mol. The van der Waals surface area contributed by atoms with Crippen LogP contribution in [-0.2, 0) is 4.79 Å². The first-order chi connectivity index (χ1) is 15.9. The smallest absolute Gasteiger partial charge is 0.244 e. The van der Waals surface area contributed by atoms with Gasteiger partial charge in [-0.2, -0.15) is 0 Å². The van der Waals surface area contributed by atoms with Gasteiger partial charge in [-0.1, -0.05) is 0 Å². The number of ether oxygens (including phenoxy) is 3. The van der Waals surface area contributed by atoms with Crippen molar-refractivity contribution in [3.8, 4) is 28.4 Å². The van der Waals surface area contributed by atoms with Crippen LogP contribution in [0.3, 0.4) is 0 Å².